The summed E-state index contributed by atoms with van der Waals surface area (Å²) in [6.07, 6.45) is 0.288. The van der Waals surface area contributed by atoms with E-state index in [1.807, 2.05) is 0 Å². The highest BCUT2D eigenvalue weighted by atomic mass is 35.5. The number of aliphatic carboxylic acids is 1. The monoisotopic (exact) mass is 268 g/mol. The van der Waals surface area contributed by atoms with Gasteiger partial charge in [0.1, 0.15) is 6.54 Å². The molecule has 0 atom stereocenters. The standard InChI is InChI=1S/C12H13ClN2O3/c1-14-10-6-8(13)2-3-9(10)15(7-12(17)18)5-4-11(14)16/h2-3,6H,4-5,7H2,1H3,(H,17,18). The van der Waals surface area contributed by atoms with Gasteiger partial charge in [-0.05, 0) is 18.2 Å². The first-order valence-electron chi connectivity index (χ1n) is 5.52. The number of anilines is 2. The molecule has 0 radical (unpaired) electrons. The minimum Gasteiger partial charge on any atom is -0.480 e. The van der Waals surface area contributed by atoms with Crippen molar-refractivity contribution in [2.45, 2.75) is 6.42 Å². The predicted molar refractivity (Wildman–Crippen MR) is 69.3 cm³/mol. The summed E-state index contributed by atoms with van der Waals surface area (Å²) < 4.78 is 0. The van der Waals surface area contributed by atoms with Crippen LogP contribution in [0.1, 0.15) is 6.42 Å². The summed E-state index contributed by atoms with van der Waals surface area (Å²) in [5.74, 6) is -0.973. The van der Waals surface area contributed by atoms with Crippen molar-refractivity contribution in [2.24, 2.45) is 0 Å². The molecule has 6 heteroatoms. The third-order valence-corrected chi connectivity index (χ3v) is 3.17. The molecule has 0 aliphatic carbocycles. The van der Waals surface area contributed by atoms with E-state index in [4.69, 9.17) is 16.7 Å². The lowest BCUT2D eigenvalue weighted by Crippen LogP contribution is -2.30. The molecule has 1 aliphatic rings. The molecule has 0 bridgehead atoms. The van der Waals surface area contributed by atoms with Crippen LogP contribution in [0.3, 0.4) is 0 Å². The van der Waals surface area contributed by atoms with Crippen molar-refractivity contribution in [1.82, 2.24) is 0 Å². The van der Waals surface area contributed by atoms with Gasteiger partial charge in [-0.3, -0.25) is 9.59 Å². The number of carboxylic acid groups (broad SMARTS) is 1. The summed E-state index contributed by atoms with van der Waals surface area (Å²) >= 11 is 5.92. The van der Waals surface area contributed by atoms with E-state index in [-0.39, 0.29) is 18.9 Å². The molecule has 0 aromatic heterocycles. The summed E-state index contributed by atoms with van der Waals surface area (Å²) in [5, 5.41) is 9.42. The zero-order valence-corrected chi connectivity index (χ0v) is 10.6. The largest absolute Gasteiger partial charge is 0.480 e. The Labute approximate surface area is 110 Å². The number of rotatable bonds is 2. The lowest BCUT2D eigenvalue weighted by atomic mass is 10.2. The highest BCUT2D eigenvalue weighted by Gasteiger charge is 2.24. The molecule has 0 unspecified atom stereocenters. The van der Waals surface area contributed by atoms with E-state index in [0.29, 0.717) is 17.3 Å². The zero-order chi connectivity index (χ0) is 13.3. The van der Waals surface area contributed by atoms with Crippen molar-refractivity contribution in [1.29, 1.82) is 0 Å². The number of carbonyl (C=O) groups is 2. The van der Waals surface area contributed by atoms with Gasteiger partial charge in [0.15, 0.2) is 0 Å². The second-order valence-corrected chi connectivity index (χ2v) is 4.59. The van der Waals surface area contributed by atoms with Gasteiger partial charge in [-0.2, -0.15) is 0 Å². The van der Waals surface area contributed by atoms with Crippen molar-refractivity contribution in [3.63, 3.8) is 0 Å². The topological polar surface area (TPSA) is 60.9 Å². The molecule has 1 aromatic carbocycles. The number of carbonyl (C=O) groups excluding carboxylic acids is 1. The van der Waals surface area contributed by atoms with Crippen LogP contribution >= 0.6 is 11.6 Å². The molecule has 0 spiro atoms. The predicted octanol–water partition coefficient (Wildman–Crippen LogP) is 1.60. The Balaban J connectivity index is 2.47. The lowest BCUT2D eigenvalue weighted by molar-refractivity contribution is -0.135. The van der Waals surface area contributed by atoms with Crippen LogP contribution in [0.5, 0.6) is 0 Å². The third kappa shape index (κ3) is 2.41. The second-order valence-electron chi connectivity index (χ2n) is 4.15. The lowest BCUT2D eigenvalue weighted by Gasteiger charge is -2.23. The molecule has 18 heavy (non-hydrogen) atoms. The average molecular weight is 269 g/mol. The average Bonchev–Trinajstić information content (AvgIpc) is 2.41. The smallest absolute Gasteiger partial charge is 0.323 e. The van der Waals surface area contributed by atoms with Gasteiger partial charge >= 0.3 is 5.97 Å². The maximum atomic E-state index is 11.8. The Kier molecular flexibility index (Phi) is 3.43. The normalized spacial score (nSPS) is 15.3. The van der Waals surface area contributed by atoms with E-state index in [2.05, 4.69) is 0 Å². The molecule has 5 nitrogen and oxygen atoms in total. The molecular formula is C12H13ClN2O3. The van der Waals surface area contributed by atoms with Gasteiger partial charge in [-0.15, -0.1) is 0 Å². The van der Waals surface area contributed by atoms with Crippen LogP contribution in [-0.4, -0.2) is 37.1 Å². The maximum Gasteiger partial charge on any atom is 0.323 e. The van der Waals surface area contributed by atoms with Gasteiger partial charge < -0.3 is 14.9 Å². The quantitative estimate of drug-likeness (QED) is 0.885. The van der Waals surface area contributed by atoms with Gasteiger partial charge in [0, 0.05) is 25.0 Å². The fraction of sp³-hybridized carbons (Fsp3) is 0.333. The van der Waals surface area contributed by atoms with Crippen LogP contribution in [0.4, 0.5) is 11.4 Å². The molecule has 0 saturated heterocycles. The van der Waals surface area contributed by atoms with E-state index in [9.17, 15) is 9.59 Å². The first-order chi connectivity index (χ1) is 8.49. The fourth-order valence-electron chi connectivity index (χ4n) is 2.01. The molecule has 1 heterocycles. The summed E-state index contributed by atoms with van der Waals surface area (Å²) in [4.78, 5) is 25.9. The number of carboxylic acids is 1. The summed E-state index contributed by atoms with van der Waals surface area (Å²) in [7, 11) is 1.67. The Morgan fingerprint density at radius 2 is 2.17 bits per heavy atom. The van der Waals surface area contributed by atoms with Crippen molar-refractivity contribution in [3.05, 3.63) is 23.2 Å². The van der Waals surface area contributed by atoms with Crippen LogP contribution in [0.25, 0.3) is 0 Å². The van der Waals surface area contributed by atoms with E-state index in [0.717, 1.165) is 5.69 Å². The molecule has 1 amide bonds. The van der Waals surface area contributed by atoms with Crippen molar-refractivity contribution < 1.29 is 14.7 Å². The van der Waals surface area contributed by atoms with Crippen LogP contribution in [0, 0.1) is 0 Å². The van der Waals surface area contributed by atoms with Crippen molar-refractivity contribution >= 4 is 34.9 Å². The van der Waals surface area contributed by atoms with Gasteiger partial charge in [0.25, 0.3) is 0 Å². The maximum absolute atomic E-state index is 11.8. The van der Waals surface area contributed by atoms with E-state index in [1.165, 1.54) is 4.90 Å². The zero-order valence-electron chi connectivity index (χ0n) is 9.89. The SMILES string of the molecule is CN1C(=O)CCN(CC(=O)O)c2ccc(Cl)cc21. The molecule has 0 saturated carbocycles. The number of amides is 1. The highest BCUT2D eigenvalue weighted by Crippen LogP contribution is 2.34. The Hall–Kier alpha value is -1.75. The Morgan fingerprint density at radius 3 is 2.83 bits per heavy atom. The van der Waals surface area contributed by atoms with Gasteiger partial charge in [-0.1, -0.05) is 11.6 Å². The van der Waals surface area contributed by atoms with Crippen molar-refractivity contribution in [3.8, 4) is 0 Å². The number of fused-ring (bicyclic) bond motifs is 1. The second kappa shape index (κ2) is 4.86. The Bertz CT molecular complexity index is 504. The first kappa shape index (κ1) is 12.7. The number of nitrogens with zero attached hydrogens (tertiary/aromatic N) is 2. The third-order valence-electron chi connectivity index (χ3n) is 2.94. The minimum absolute atomic E-state index is 0.0496. The Morgan fingerprint density at radius 1 is 1.44 bits per heavy atom. The summed E-state index contributed by atoms with van der Waals surface area (Å²) in [6, 6.07) is 5.11. The number of hydrogen-bond donors (Lipinski definition) is 1. The van der Waals surface area contributed by atoms with E-state index < -0.39 is 5.97 Å². The number of halogens is 1. The fourth-order valence-corrected chi connectivity index (χ4v) is 2.18. The molecule has 1 aromatic rings. The van der Waals surface area contributed by atoms with Crippen LogP contribution in [0.15, 0.2) is 18.2 Å². The molecule has 1 N–H and O–H groups in total. The van der Waals surface area contributed by atoms with Crippen LogP contribution in [-0.2, 0) is 9.59 Å². The minimum atomic E-state index is -0.923. The summed E-state index contributed by atoms with van der Waals surface area (Å²) in [6.45, 7) is 0.264. The first-order valence-corrected chi connectivity index (χ1v) is 5.89. The number of benzene rings is 1. The van der Waals surface area contributed by atoms with Crippen LogP contribution in [0.2, 0.25) is 5.02 Å². The molecule has 96 valence electrons. The van der Waals surface area contributed by atoms with Crippen LogP contribution < -0.4 is 9.80 Å². The highest BCUT2D eigenvalue weighted by molar-refractivity contribution is 6.31. The molecular weight excluding hydrogens is 256 g/mol. The molecule has 2 rings (SSSR count). The van der Waals surface area contributed by atoms with Gasteiger partial charge in [0.05, 0.1) is 11.4 Å². The van der Waals surface area contributed by atoms with Crippen molar-refractivity contribution in [2.75, 3.05) is 29.9 Å². The van der Waals surface area contributed by atoms with E-state index >= 15 is 0 Å². The van der Waals surface area contributed by atoms with E-state index in [1.54, 1.807) is 30.1 Å². The van der Waals surface area contributed by atoms with Gasteiger partial charge in [0.2, 0.25) is 5.91 Å². The number of hydrogen-bond acceptors (Lipinski definition) is 3. The molecule has 0 fully saturated rings. The molecule has 1 aliphatic heterocycles. The van der Waals surface area contributed by atoms with Gasteiger partial charge in [-0.25, -0.2) is 0 Å². The summed E-state index contributed by atoms with van der Waals surface area (Å²) in [5.41, 5.74) is 1.36.